The summed E-state index contributed by atoms with van der Waals surface area (Å²) in [5, 5.41) is 3.16. The molecule has 7 heteroatoms. The molecule has 2 aromatic rings. The van der Waals surface area contributed by atoms with Gasteiger partial charge in [-0.05, 0) is 77.5 Å². The molecule has 0 heterocycles. The molecular formula is C26H32Br2N2O3. The molecule has 0 unspecified atom stereocenters. The number of carbonyl (C=O) groups excluding carboxylic acids is 2. The molecule has 2 aromatic carbocycles. The van der Waals surface area contributed by atoms with Crippen molar-refractivity contribution in [1.29, 1.82) is 0 Å². The molecule has 1 atom stereocenters. The fourth-order valence-corrected chi connectivity index (χ4v) is 4.85. The van der Waals surface area contributed by atoms with Gasteiger partial charge in [-0.1, -0.05) is 60.3 Å². The van der Waals surface area contributed by atoms with Gasteiger partial charge in [0.2, 0.25) is 5.91 Å². The van der Waals surface area contributed by atoms with Gasteiger partial charge < -0.3 is 15.0 Å². The molecule has 33 heavy (non-hydrogen) atoms. The van der Waals surface area contributed by atoms with Crippen molar-refractivity contribution >= 4 is 43.7 Å². The summed E-state index contributed by atoms with van der Waals surface area (Å²) in [7, 11) is 0. The van der Waals surface area contributed by atoms with Gasteiger partial charge in [0.15, 0.2) is 6.61 Å². The SMILES string of the molecule is CCc1ccc(OCC(=O)N(Cc2ccc(Br)cc2)[C@H](C)C(=O)NC2CCCCC2)c(Br)c1. The highest BCUT2D eigenvalue weighted by molar-refractivity contribution is 9.10. The number of ether oxygens (including phenoxy) is 1. The zero-order chi connectivity index (χ0) is 23.8. The molecule has 1 N–H and O–H groups in total. The monoisotopic (exact) mass is 578 g/mol. The molecule has 0 aromatic heterocycles. The minimum atomic E-state index is -0.599. The van der Waals surface area contributed by atoms with Crippen molar-refractivity contribution < 1.29 is 14.3 Å². The van der Waals surface area contributed by atoms with Crippen molar-refractivity contribution in [1.82, 2.24) is 10.2 Å². The highest BCUT2D eigenvalue weighted by Crippen LogP contribution is 2.26. The first-order valence-corrected chi connectivity index (χ1v) is 13.2. The van der Waals surface area contributed by atoms with E-state index in [1.54, 1.807) is 11.8 Å². The summed E-state index contributed by atoms with van der Waals surface area (Å²) in [6.07, 6.45) is 6.43. The number of nitrogens with zero attached hydrogens (tertiary/aromatic N) is 1. The number of halogens is 2. The Balaban J connectivity index is 1.71. The van der Waals surface area contributed by atoms with E-state index in [2.05, 4.69) is 44.1 Å². The predicted octanol–water partition coefficient (Wildman–Crippen LogP) is 6.02. The lowest BCUT2D eigenvalue weighted by atomic mass is 9.95. The summed E-state index contributed by atoms with van der Waals surface area (Å²) in [5.41, 5.74) is 2.14. The van der Waals surface area contributed by atoms with Crippen LogP contribution in [0.15, 0.2) is 51.4 Å². The summed E-state index contributed by atoms with van der Waals surface area (Å²) in [4.78, 5) is 27.9. The van der Waals surface area contributed by atoms with Crippen molar-refractivity contribution in [3.63, 3.8) is 0 Å². The van der Waals surface area contributed by atoms with Crippen LogP contribution in [0.4, 0.5) is 0 Å². The number of amides is 2. The molecule has 178 valence electrons. The van der Waals surface area contributed by atoms with E-state index in [9.17, 15) is 9.59 Å². The molecule has 1 aliphatic rings. The molecule has 2 amide bonds. The Kier molecular flexibility index (Phi) is 9.80. The Hall–Kier alpha value is -1.86. The summed E-state index contributed by atoms with van der Waals surface area (Å²) in [6.45, 7) is 4.08. The highest BCUT2D eigenvalue weighted by atomic mass is 79.9. The Morgan fingerprint density at radius 2 is 1.73 bits per heavy atom. The zero-order valence-electron chi connectivity index (χ0n) is 19.3. The number of aryl methyl sites for hydroxylation is 1. The normalized spacial score (nSPS) is 15.0. The number of benzene rings is 2. The van der Waals surface area contributed by atoms with Crippen LogP contribution in [0.2, 0.25) is 0 Å². The first kappa shape index (κ1) is 25.8. The third-order valence-electron chi connectivity index (χ3n) is 6.14. The maximum atomic E-state index is 13.3. The number of hydrogen-bond donors (Lipinski definition) is 1. The molecule has 0 saturated heterocycles. The summed E-state index contributed by atoms with van der Waals surface area (Å²) in [6, 6.07) is 13.2. The molecule has 0 bridgehead atoms. The zero-order valence-corrected chi connectivity index (χ0v) is 22.5. The molecule has 3 rings (SSSR count). The van der Waals surface area contributed by atoms with Crippen molar-refractivity contribution in [2.75, 3.05) is 6.61 Å². The smallest absolute Gasteiger partial charge is 0.261 e. The molecule has 0 aliphatic heterocycles. The first-order chi connectivity index (χ1) is 15.9. The van der Waals surface area contributed by atoms with Gasteiger partial charge in [0.25, 0.3) is 5.91 Å². The lowest BCUT2D eigenvalue weighted by Crippen LogP contribution is -2.51. The second-order valence-corrected chi connectivity index (χ2v) is 10.3. The second-order valence-electron chi connectivity index (χ2n) is 8.57. The van der Waals surface area contributed by atoms with E-state index in [0.717, 1.165) is 46.6 Å². The van der Waals surface area contributed by atoms with Crippen LogP contribution in [0.25, 0.3) is 0 Å². The topological polar surface area (TPSA) is 58.6 Å². The standard InChI is InChI=1S/C26H32Br2N2O3/c1-3-19-11-14-24(23(28)15-19)33-17-25(31)30(16-20-9-12-21(27)13-10-20)18(2)26(32)29-22-7-5-4-6-8-22/h9-15,18,22H,3-8,16-17H2,1-2H3,(H,29,32)/t18-/m1/s1. The fraction of sp³-hybridized carbons (Fsp3) is 0.462. The van der Waals surface area contributed by atoms with Crippen LogP contribution in [0.5, 0.6) is 5.75 Å². The molecule has 1 saturated carbocycles. The Labute approximate surface area is 213 Å². The van der Waals surface area contributed by atoms with Crippen LogP contribution in [0, 0.1) is 0 Å². The first-order valence-electron chi connectivity index (χ1n) is 11.6. The number of carbonyl (C=O) groups is 2. The van der Waals surface area contributed by atoms with Gasteiger partial charge in [-0.3, -0.25) is 9.59 Å². The average Bonchev–Trinajstić information content (AvgIpc) is 2.82. The molecule has 5 nitrogen and oxygen atoms in total. The molecular weight excluding hydrogens is 548 g/mol. The van der Waals surface area contributed by atoms with E-state index in [1.807, 2.05) is 42.5 Å². The van der Waals surface area contributed by atoms with Crippen LogP contribution in [-0.4, -0.2) is 35.4 Å². The fourth-order valence-electron chi connectivity index (χ4n) is 4.04. The molecule has 1 aliphatic carbocycles. The van der Waals surface area contributed by atoms with Crippen LogP contribution in [0.3, 0.4) is 0 Å². The van der Waals surface area contributed by atoms with Gasteiger partial charge in [0.05, 0.1) is 4.47 Å². The lowest BCUT2D eigenvalue weighted by Gasteiger charge is -2.31. The van der Waals surface area contributed by atoms with Crippen molar-refractivity contribution in [2.24, 2.45) is 0 Å². The third-order valence-corrected chi connectivity index (χ3v) is 7.29. The lowest BCUT2D eigenvalue weighted by molar-refractivity contribution is -0.142. The van der Waals surface area contributed by atoms with Gasteiger partial charge in [0, 0.05) is 17.1 Å². The Bertz CT molecular complexity index is 943. The molecule has 0 radical (unpaired) electrons. The quantitative estimate of drug-likeness (QED) is 0.395. The van der Waals surface area contributed by atoms with Gasteiger partial charge in [0.1, 0.15) is 11.8 Å². The number of hydrogen-bond acceptors (Lipinski definition) is 3. The number of nitrogens with one attached hydrogen (secondary N) is 1. The maximum Gasteiger partial charge on any atom is 0.261 e. The van der Waals surface area contributed by atoms with Crippen molar-refractivity contribution in [3.8, 4) is 5.75 Å². The van der Waals surface area contributed by atoms with Gasteiger partial charge in [-0.2, -0.15) is 0 Å². The van der Waals surface area contributed by atoms with Crippen molar-refractivity contribution in [2.45, 2.75) is 71.0 Å². The number of rotatable bonds is 9. The van der Waals surface area contributed by atoms with Gasteiger partial charge >= 0.3 is 0 Å². The van der Waals surface area contributed by atoms with E-state index in [1.165, 1.54) is 12.0 Å². The van der Waals surface area contributed by atoms with E-state index < -0.39 is 6.04 Å². The van der Waals surface area contributed by atoms with Crippen LogP contribution in [-0.2, 0) is 22.6 Å². The molecule has 1 fully saturated rings. The predicted molar refractivity (Wildman–Crippen MR) is 138 cm³/mol. The molecule has 0 spiro atoms. The van der Waals surface area contributed by atoms with E-state index in [-0.39, 0.29) is 24.5 Å². The Morgan fingerprint density at radius 1 is 1.06 bits per heavy atom. The van der Waals surface area contributed by atoms with E-state index in [4.69, 9.17) is 4.74 Å². The van der Waals surface area contributed by atoms with E-state index in [0.29, 0.717) is 12.3 Å². The van der Waals surface area contributed by atoms with Crippen molar-refractivity contribution in [3.05, 3.63) is 62.5 Å². The summed E-state index contributed by atoms with van der Waals surface area (Å²) in [5.74, 6) is 0.278. The summed E-state index contributed by atoms with van der Waals surface area (Å²) < 4.78 is 7.62. The van der Waals surface area contributed by atoms with Crippen LogP contribution in [0.1, 0.15) is 57.1 Å². The minimum absolute atomic E-state index is 0.110. The van der Waals surface area contributed by atoms with Crippen LogP contribution >= 0.6 is 31.9 Å². The highest BCUT2D eigenvalue weighted by Gasteiger charge is 2.28. The minimum Gasteiger partial charge on any atom is -0.483 e. The van der Waals surface area contributed by atoms with Gasteiger partial charge in [-0.15, -0.1) is 0 Å². The second kappa shape index (κ2) is 12.6. The van der Waals surface area contributed by atoms with Crippen LogP contribution < -0.4 is 10.1 Å². The average molecular weight is 580 g/mol. The largest absolute Gasteiger partial charge is 0.483 e. The maximum absolute atomic E-state index is 13.3. The summed E-state index contributed by atoms with van der Waals surface area (Å²) >= 11 is 6.97. The van der Waals surface area contributed by atoms with E-state index >= 15 is 0 Å². The van der Waals surface area contributed by atoms with Gasteiger partial charge in [-0.25, -0.2) is 0 Å². The Morgan fingerprint density at radius 3 is 2.36 bits per heavy atom. The third kappa shape index (κ3) is 7.57.